The quantitative estimate of drug-likeness (QED) is 0.848. The molecule has 2 heterocycles. The van der Waals surface area contributed by atoms with Crippen molar-refractivity contribution in [3.63, 3.8) is 0 Å². The number of amides is 1. The number of pyridine rings is 1. The number of aromatic nitrogens is 1. The van der Waals surface area contributed by atoms with Crippen LogP contribution in [0, 0.1) is 0 Å². The lowest BCUT2D eigenvalue weighted by Crippen LogP contribution is -2.37. The Morgan fingerprint density at radius 3 is 2.71 bits per heavy atom. The first kappa shape index (κ1) is 13.3. The summed E-state index contributed by atoms with van der Waals surface area (Å²) >= 11 is 0. The van der Waals surface area contributed by atoms with E-state index in [2.05, 4.69) is 4.98 Å². The molecule has 0 N–H and O–H groups in total. The predicted octanol–water partition coefficient (Wildman–Crippen LogP) is 2.32. The fraction of sp³-hybridized carbons (Fsp3) is 0.188. The minimum absolute atomic E-state index is 0.0303. The van der Waals surface area contributed by atoms with Gasteiger partial charge in [-0.25, -0.2) is 0 Å². The first-order chi connectivity index (χ1) is 10.2. The predicted molar refractivity (Wildman–Crippen MR) is 77.9 cm³/mol. The second kappa shape index (κ2) is 5.36. The van der Waals surface area contributed by atoms with Gasteiger partial charge in [0.05, 0.1) is 12.8 Å². The summed E-state index contributed by atoms with van der Waals surface area (Å²) in [7, 11) is 1.55. The maximum Gasteiger partial charge on any atom is 0.258 e. The highest BCUT2D eigenvalue weighted by Crippen LogP contribution is 2.31. The molecule has 2 aromatic rings. The van der Waals surface area contributed by atoms with E-state index in [1.54, 1.807) is 54.7 Å². The third-order valence-electron chi connectivity index (χ3n) is 3.53. The normalized spacial score (nSPS) is 13.8. The van der Waals surface area contributed by atoms with E-state index in [1.807, 2.05) is 0 Å². The lowest BCUT2D eigenvalue weighted by Gasteiger charge is -2.29. The monoisotopic (exact) mass is 282 g/mol. The van der Waals surface area contributed by atoms with Crippen LogP contribution < -0.4 is 9.64 Å². The molecule has 21 heavy (non-hydrogen) atoms. The summed E-state index contributed by atoms with van der Waals surface area (Å²) in [5, 5.41) is 0. The van der Waals surface area contributed by atoms with Crippen molar-refractivity contribution in [2.24, 2.45) is 0 Å². The highest BCUT2D eigenvalue weighted by Gasteiger charge is 2.28. The number of anilines is 1. The highest BCUT2D eigenvalue weighted by molar-refractivity contribution is 6.13. The molecule has 5 heteroatoms. The number of hydrogen-bond donors (Lipinski definition) is 0. The second-order valence-corrected chi connectivity index (χ2v) is 4.75. The number of ketones is 1. The number of benzene rings is 1. The van der Waals surface area contributed by atoms with Gasteiger partial charge in [0.2, 0.25) is 0 Å². The van der Waals surface area contributed by atoms with E-state index in [9.17, 15) is 9.59 Å². The molecule has 0 bridgehead atoms. The van der Waals surface area contributed by atoms with E-state index in [0.717, 1.165) is 0 Å². The van der Waals surface area contributed by atoms with E-state index in [-0.39, 0.29) is 11.7 Å². The summed E-state index contributed by atoms with van der Waals surface area (Å²) < 4.78 is 5.15. The van der Waals surface area contributed by atoms with Crippen molar-refractivity contribution >= 4 is 17.4 Å². The molecule has 0 unspecified atom stereocenters. The topological polar surface area (TPSA) is 59.5 Å². The van der Waals surface area contributed by atoms with Gasteiger partial charge in [-0.15, -0.1) is 0 Å². The Kier molecular flexibility index (Phi) is 3.39. The largest absolute Gasteiger partial charge is 0.497 e. The van der Waals surface area contributed by atoms with Gasteiger partial charge in [-0.3, -0.25) is 14.6 Å². The van der Waals surface area contributed by atoms with Gasteiger partial charge in [0, 0.05) is 36.5 Å². The molecule has 1 aliphatic rings. The van der Waals surface area contributed by atoms with Gasteiger partial charge in [-0.05, 0) is 30.3 Å². The molecule has 1 aromatic carbocycles. The van der Waals surface area contributed by atoms with E-state index >= 15 is 0 Å². The number of carbonyl (C=O) groups is 2. The minimum atomic E-state index is -0.128. The Morgan fingerprint density at radius 2 is 2.00 bits per heavy atom. The zero-order valence-corrected chi connectivity index (χ0v) is 11.6. The summed E-state index contributed by atoms with van der Waals surface area (Å²) in [6.07, 6.45) is 3.48. The zero-order chi connectivity index (χ0) is 14.8. The number of fused-ring (bicyclic) bond motifs is 1. The maximum absolute atomic E-state index is 12.6. The molecule has 0 aliphatic carbocycles. The lowest BCUT2D eigenvalue weighted by molar-refractivity contribution is 0.0954. The number of Topliss-reactive ketones (excluding diaryl/α,β-unsaturated/α-hetero) is 1. The smallest absolute Gasteiger partial charge is 0.258 e. The Labute approximate surface area is 122 Å². The summed E-state index contributed by atoms with van der Waals surface area (Å²) in [6, 6.07) is 8.53. The molecule has 3 rings (SSSR count). The first-order valence-corrected chi connectivity index (χ1v) is 6.64. The van der Waals surface area contributed by atoms with Crippen molar-refractivity contribution in [1.82, 2.24) is 4.98 Å². The van der Waals surface area contributed by atoms with Crippen molar-refractivity contribution in [2.45, 2.75) is 6.42 Å². The van der Waals surface area contributed by atoms with Crippen LogP contribution in [0.1, 0.15) is 27.1 Å². The maximum atomic E-state index is 12.6. The second-order valence-electron chi connectivity index (χ2n) is 4.75. The molecule has 1 amide bonds. The van der Waals surface area contributed by atoms with Crippen molar-refractivity contribution in [3.8, 4) is 5.75 Å². The van der Waals surface area contributed by atoms with Crippen molar-refractivity contribution in [3.05, 3.63) is 53.9 Å². The van der Waals surface area contributed by atoms with Crippen LogP contribution in [-0.2, 0) is 0 Å². The molecule has 1 aromatic heterocycles. The van der Waals surface area contributed by atoms with Crippen LogP contribution in [0.2, 0.25) is 0 Å². The van der Waals surface area contributed by atoms with E-state index in [4.69, 9.17) is 4.74 Å². The minimum Gasteiger partial charge on any atom is -0.497 e. The third-order valence-corrected chi connectivity index (χ3v) is 3.53. The molecular formula is C16H14N2O3. The summed E-state index contributed by atoms with van der Waals surface area (Å²) in [6.45, 7) is 0.388. The number of hydrogen-bond acceptors (Lipinski definition) is 4. The Hall–Kier alpha value is -2.69. The van der Waals surface area contributed by atoms with Gasteiger partial charge < -0.3 is 9.64 Å². The molecule has 1 aliphatic heterocycles. The van der Waals surface area contributed by atoms with E-state index in [1.165, 1.54) is 0 Å². The van der Waals surface area contributed by atoms with Gasteiger partial charge in [-0.2, -0.15) is 0 Å². The van der Waals surface area contributed by atoms with E-state index in [0.29, 0.717) is 35.5 Å². The fourth-order valence-electron chi connectivity index (χ4n) is 2.43. The molecule has 5 nitrogen and oxygen atoms in total. The van der Waals surface area contributed by atoms with Crippen LogP contribution in [-0.4, -0.2) is 30.3 Å². The van der Waals surface area contributed by atoms with Crippen LogP contribution in [0.5, 0.6) is 5.75 Å². The Bertz CT molecular complexity index is 698. The number of carbonyl (C=O) groups excluding carboxylic acids is 2. The van der Waals surface area contributed by atoms with Gasteiger partial charge in [0.25, 0.3) is 5.91 Å². The molecule has 106 valence electrons. The van der Waals surface area contributed by atoms with Gasteiger partial charge in [-0.1, -0.05) is 0 Å². The highest BCUT2D eigenvalue weighted by atomic mass is 16.5. The standard InChI is InChI=1S/C16H14N2O3/c1-21-12-2-3-14-13(10-12)15(19)6-9-18(14)16(20)11-4-7-17-8-5-11/h2-5,7-8,10H,6,9H2,1H3. The van der Waals surface area contributed by atoms with Gasteiger partial charge in [0.15, 0.2) is 5.78 Å². The summed E-state index contributed by atoms with van der Waals surface area (Å²) in [5.74, 6) is 0.513. The van der Waals surface area contributed by atoms with Crippen molar-refractivity contribution in [2.75, 3.05) is 18.6 Å². The van der Waals surface area contributed by atoms with Gasteiger partial charge in [0.1, 0.15) is 5.75 Å². The molecule has 0 saturated heterocycles. The molecular weight excluding hydrogens is 268 g/mol. The Balaban J connectivity index is 2.02. The van der Waals surface area contributed by atoms with Crippen LogP contribution in [0.4, 0.5) is 5.69 Å². The SMILES string of the molecule is COc1ccc2c(c1)C(=O)CCN2C(=O)c1ccncc1. The molecule has 0 radical (unpaired) electrons. The van der Waals surface area contributed by atoms with Crippen molar-refractivity contribution in [1.29, 1.82) is 0 Å². The van der Waals surface area contributed by atoms with Crippen LogP contribution >= 0.6 is 0 Å². The average Bonchev–Trinajstić information content (AvgIpc) is 2.55. The Morgan fingerprint density at radius 1 is 1.24 bits per heavy atom. The fourth-order valence-corrected chi connectivity index (χ4v) is 2.43. The number of methoxy groups -OCH3 is 1. The van der Waals surface area contributed by atoms with E-state index < -0.39 is 0 Å². The van der Waals surface area contributed by atoms with Crippen LogP contribution in [0.25, 0.3) is 0 Å². The summed E-state index contributed by atoms with van der Waals surface area (Å²) in [4.78, 5) is 30.2. The zero-order valence-electron chi connectivity index (χ0n) is 11.6. The number of ether oxygens (including phenoxy) is 1. The van der Waals surface area contributed by atoms with Crippen LogP contribution in [0.3, 0.4) is 0 Å². The van der Waals surface area contributed by atoms with Crippen LogP contribution in [0.15, 0.2) is 42.7 Å². The number of nitrogens with zero attached hydrogens (tertiary/aromatic N) is 2. The molecule has 0 spiro atoms. The lowest BCUT2D eigenvalue weighted by atomic mass is 9.99. The first-order valence-electron chi connectivity index (χ1n) is 6.64. The molecule has 0 fully saturated rings. The van der Waals surface area contributed by atoms with Gasteiger partial charge >= 0.3 is 0 Å². The average molecular weight is 282 g/mol. The molecule has 0 saturated carbocycles. The van der Waals surface area contributed by atoms with Crippen molar-refractivity contribution < 1.29 is 14.3 Å². The molecule has 0 atom stereocenters. The number of rotatable bonds is 2. The summed E-state index contributed by atoms with van der Waals surface area (Å²) in [5.41, 5.74) is 1.72. The third kappa shape index (κ3) is 2.38.